The van der Waals surface area contributed by atoms with Crippen LogP contribution in [-0.4, -0.2) is 38.2 Å². The highest BCUT2D eigenvalue weighted by Crippen LogP contribution is 2.35. The largest absolute Gasteiger partial charge is 0.497 e. The highest BCUT2D eigenvalue weighted by molar-refractivity contribution is 5.39. The number of benzene rings is 1. The maximum atomic E-state index is 5.36. The maximum absolute atomic E-state index is 5.36. The van der Waals surface area contributed by atoms with E-state index in [1.54, 1.807) is 7.11 Å². The number of hydrogen-bond donors (Lipinski definition) is 1. The van der Waals surface area contributed by atoms with Crippen LogP contribution in [0.15, 0.2) is 18.2 Å². The number of aryl methyl sites for hydroxylation is 1. The Balaban J connectivity index is 1.74. The van der Waals surface area contributed by atoms with Gasteiger partial charge in [-0.3, -0.25) is 4.90 Å². The van der Waals surface area contributed by atoms with Crippen molar-refractivity contribution in [2.75, 3.05) is 27.2 Å². The Kier molecular flexibility index (Phi) is 4.27. The van der Waals surface area contributed by atoms with Gasteiger partial charge in [0.25, 0.3) is 0 Å². The van der Waals surface area contributed by atoms with Gasteiger partial charge in [0.05, 0.1) is 7.11 Å². The molecular formula is C17H26N2O. The molecule has 3 nitrogen and oxygen atoms in total. The summed E-state index contributed by atoms with van der Waals surface area (Å²) in [6.07, 6.45) is 6.41. The summed E-state index contributed by atoms with van der Waals surface area (Å²) in [6.45, 7) is 2.35. The molecule has 2 atom stereocenters. The Morgan fingerprint density at radius 2 is 2.20 bits per heavy atom. The number of nitrogens with one attached hydrogen (secondary N) is 1. The van der Waals surface area contributed by atoms with E-state index in [1.165, 1.54) is 49.8 Å². The number of likely N-dealkylation sites (N-methyl/N-ethyl adjacent to an activating group) is 1. The van der Waals surface area contributed by atoms with Crippen LogP contribution in [0.2, 0.25) is 0 Å². The monoisotopic (exact) mass is 274 g/mol. The SMILES string of the molecule is COc1ccc2c(c1)CCCC2N(C)CC1CCCN1. The van der Waals surface area contributed by atoms with Crippen molar-refractivity contribution in [3.8, 4) is 5.75 Å². The van der Waals surface area contributed by atoms with Crippen LogP contribution in [0.1, 0.15) is 42.9 Å². The Bertz CT molecular complexity index is 454. The van der Waals surface area contributed by atoms with E-state index in [9.17, 15) is 0 Å². The van der Waals surface area contributed by atoms with Gasteiger partial charge in [-0.2, -0.15) is 0 Å². The fraction of sp³-hybridized carbons (Fsp3) is 0.647. The van der Waals surface area contributed by atoms with Gasteiger partial charge in [-0.1, -0.05) is 6.07 Å². The van der Waals surface area contributed by atoms with E-state index < -0.39 is 0 Å². The van der Waals surface area contributed by atoms with Crippen molar-refractivity contribution < 1.29 is 4.74 Å². The summed E-state index contributed by atoms with van der Waals surface area (Å²) in [4.78, 5) is 2.55. The van der Waals surface area contributed by atoms with Crippen molar-refractivity contribution in [3.05, 3.63) is 29.3 Å². The molecule has 0 radical (unpaired) electrons. The van der Waals surface area contributed by atoms with Gasteiger partial charge < -0.3 is 10.1 Å². The molecule has 0 spiro atoms. The average molecular weight is 274 g/mol. The summed E-state index contributed by atoms with van der Waals surface area (Å²) in [7, 11) is 4.03. The molecule has 1 aliphatic heterocycles. The van der Waals surface area contributed by atoms with Crippen LogP contribution < -0.4 is 10.1 Å². The minimum Gasteiger partial charge on any atom is -0.497 e. The molecule has 2 unspecified atom stereocenters. The van der Waals surface area contributed by atoms with Crippen LogP contribution in [0.25, 0.3) is 0 Å². The summed E-state index contributed by atoms with van der Waals surface area (Å²) >= 11 is 0. The highest BCUT2D eigenvalue weighted by atomic mass is 16.5. The molecular weight excluding hydrogens is 248 g/mol. The molecule has 1 fully saturated rings. The molecule has 1 N–H and O–H groups in total. The van der Waals surface area contributed by atoms with Crippen molar-refractivity contribution in [2.24, 2.45) is 0 Å². The van der Waals surface area contributed by atoms with Crippen LogP contribution in [-0.2, 0) is 6.42 Å². The van der Waals surface area contributed by atoms with Crippen molar-refractivity contribution in [3.63, 3.8) is 0 Å². The molecule has 1 aliphatic carbocycles. The first-order valence-corrected chi connectivity index (χ1v) is 7.88. The summed E-state index contributed by atoms with van der Waals surface area (Å²) in [5, 5.41) is 3.61. The Morgan fingerprint density at radius 3 is 2.95 bits per heavy atom. The Labute approximate surface area is 122 Å². The predicted octanol–water partition coefficient (Wildman–Crippen LogP) is 2.76. The van der Waals surface area contributed by atoms with E-state index in [0.717, 1.165) is 12.3 Å². The second-order valence-electron chi connectivity index (χ2n) is 6.21. The molecule has 1 aromatic rings. The molecule has 3 heteroatoms. The molecule has 1 aromatic carbocycles. The zero-order valence-electron chi connectivity index (χ0n) is 12.7. The zero-order chi connectivity index (χ0) is 13.9. The molecule has 2 aliphatic rings. The van der Waals surface area contributed by atoms with Gasteiger partial charge in [0, 0.05) is 18.6 Å². The van der Waals surface area contributed by atoms with Gasteiger partial charge in [-0.15, -0.1) is 0 Å². The average Bonchev–Trinajstić information content (AvgIpc) is 2.98. The third kappa shape index (κ3) is 2.84. The van der Waals surface area contributed by atoms with Crippen LogP contribution in [0.5, 0.6) is 5.75 Å². The lowest BCUT2D eigenvalue weighted by molar-refractivity contribution is 0.203. The number of nitrogens with zero attached hydrogens (tertiary/aromatic N) is 1. The number of hydrogen-bond acceptors (Lipinski definition) is 3. The van der Waals surface area contributed by atoms with Crippen LogP contribution in [0.3, 0.4) is 0 Å². The van der Waals surface area contributed by atoms with Crippen LogP contribution in [0.4, 0.5) is 0 Å². The third-order valence-corrected chi connectivity index (χ3v) is 4.84. The Hall–Kier alpha value is -1.06. The van der Waals surface area contributed by atoms with Gasteiger partial charge in [0.2, 0.25) is 0 Å². The van der Waals surface area contributed by atoms with E-state index in [1.807, 2.05) is 0 Å². The van der Waals surface area contributed by atoms with Crippen LogP contribution in [0, 0.1) is 0 Å². The second-order valence-corrected chi connectivity index (χ2v) is 6.21. The number of rotatable bonds is 4. The van der Waals surface area contributed by atoms with Gasteiger partial charge in [0.15, 0.2) is 0 Å². The number of fused-ring (bicyclic) bond motifs is 1. The first-order chi connectivity index (χ1) is 9.78. The van der Waals surface area contributed by atoms with E-state index in [0.29, 0.717) is 12.1 Å². The standard InChI is InChI=1S/C17H26N2O/c1-19(12-14-6-4-10-18-14)17-7-3-5-13-11-15(20-2)8-9-16(13)17/h8-9,11,14,17-18H,3-7,10,12H2,1-2H3. The molecule has 0 aromatic heterocycles. The van der Waals surface area contributed by atoms with Gasteiger partial charge >= 0.3 is 0 Å². The normalized spacial score (nSPS) is 25.8. The lowest BCUT2D eigenvalue weighted by Gasteiger charge is -2.35. The van der Waals surface area contributed by atoms with Gasteiger partial charge in [-0.25, -0.2) is 0 Å². The maximum Gasteiger partial charge on any atom is 0.119 e. The fourth-order valence-electron chi connectivity index (χ4n) is 3.74. The smallest absolute Gasteiger partial charge is 0.119 e. The third-order valence-electron chi connectivity index (χ3n) is 4.84. The Morgan fingerprint density at radius 1 is 1.30 bits per heavy atom. The molecule has 110 valence electrons. The van der Waals surface area contributed by atoms with Crippen molar-refractivity contribution in [1.82, 2.24) is 10.2 Å². The second kappa shape index (κ2) is 6.15. The molecule has 20 heavy (non-hydrogen) atoms. The summed E-state index contributed by atoms with van der Waals surface area (Å²) in [6, 6.07) is 7.87. The van der Waals surface area contributed by atoms with E-state index in [2.05, 4.69) is 35.5 Å². The first kappa shape index (κ1) is 13.9. The van der Waals surface area contributed by atoms with E-state index in [-0.39, 0.29) is 0 Å². The molecule has 1 heterocycles. The minimum atomic E-state index is 0.576. The molecule has 0 bridgehead atoms. The van der Waals surface area contributed by atoms with Crippen molar-refractivity contribution in [1.29, 1.82) is 0 Å². The summed E-state index contributed by atoms with van der Waals surface area (Å²) in [5.74, 6) is 0.990. The van der Waals surface area contributed by atoms with E-state index >= 15 is 0 Å². The molecule has 1 saturated heterocycles. The fourth-order valence-corrected chi connectivity index (χ4v) is 3.74. The van der Waals surface area contributed by atoms with Crippen molar-refractivity contribution in [2.45, 2.75) is 44.2 Å². The summed E-state index contributed by atoms with van der Waals surface area (Å²) in [5.41, 5.74) is 2.99. The van der Waals surface area contributed by atoms with Crippen LogP contribution >= 0.6 is 0 Å². The van der Waals surface area contributed by atoms with E-state index in [4.69, 9.17) is 4.74 Å². The quantitative estimate of drug-likeness (QED) is 0.913. The summed E-state index contributed by atoms with van der Waals surface area (Å²) < 4.78 is 5.36. The number of ether oxygens (including phenoxy) is 1. The lowest BCUT2D eigenvalue weighted by Crippen LogP contribution is -2.38. The van der Waals surface area contributed by atoms with Gasteiger partial charge in [0.1, 0.15) is 5.75 Å². The predicted molar refractivity (Wildman–Crippen MR) is 82.3 cm³/mol. The first-order valence-electron chi connectivity index (χ1n) is 7.88. The highest BCUT2D eigenvalue weighted by Gasteiger charge is 2.26. The topological polar surface area (TPSA) is 24.5 Å². The minimum absolute atomic E-state index is 0.576. The lowest BCUT2D eigenvalue weighted by atomic mass is 9.86. The number of methoxy groups -OCH3 is 1. The van der Waals surface area contributed by atoms with Crippen molar-refractivity contribution >= 4 is 0 Å². The molecule has 0 saturated carbocycles. The molecule has 0 amide bonds. The zero-order valence-corrected chi connectivity index (χ0v) is 12.7. The van der Waals surface area contributed by atoms with Gasteiger partial charge in [-0.05, 0) is 69.0 Å². The molecule has 3 rings (SSSR count).